The van der Waals surface area contributed by atoms with Crippen LogP contribution in [0.4, 0.5) is 0 Å². The average molecular weight is 270 g/mol. The van der Waals surface area contributed by atoms with E-state index in [1.807, 2.05) is 0 Å². The minimum Gasteiger partial charge on any atom is -0.382 e. The van der Waals surface area contributed by atoms with Crippen molar-refractivity contribution in [2.75, 3.05) is 33.5 Å². The molecule has 1 aromatic heterocycles. The van der Waals surface area contributed by atoms with Crippen molar-refractivity contribution in [2.45, 2.75) is 31.7 Å². The Kier molecular flexibility index (Phi) is 6.07. The van der Waals surface area contributed by atoms with Gasteiger partial charge in [-0.25, -0.2) is 4.98 Å². The van der Waals surface area contributed by atoms with Gasteiger partial charge in [-0.15, -0.1) is 11.3 Å². The smallest absolute Gasteiger partial charge is 0.0951 e. The summed E-state index contributed by atoms with van der Waals surface area (Å²) in [5.74, 6) is 0. The van der Waals surface area contributed by atoms with Crippen LogP contribution < -0.4 is 5.32 Å². The number of hydrogen-bond acceptors (Lipinski definition) is 5. The van der Waals surface area contributed by atoms with E-state index in [2.05, 4.69) is 15.7 Å². The maximum Gasteiger partial charge on any atom is 0.0951 e. The van der Waals surface area contributed by atoms with Gasteiger partial charge in [0.05, 0.1) is 30.5 Å². The number of thiazole rings is 1. The van der Waals surface area contributed by atoms with E-state index in [-0.39, 0.29) is 0 Å². The van der Waals surface area contributed by atoms with Crippen molar-refractivity contribution < 1.29 is 9.47 Å². The van der Waals surface area contributed by atoms with E-state index < -0.39 is 0 Å². The van der Waals surface area contributed by atoms with Crippen LogP contribution in [0, 0.1) is 0 Å². The van der Waals surface area contributed by atoms with Gasteiger partial charge in [0.2, 0.25) is 0 Å². The van der Waals surface area contributed by atoms with Gasteiger partial charge in [-0.2, -0.15) is 0 Å². The van der Waals surface area contributed by atoms with Gasteiger partial charge in [0.25, 0.3) is 0 Å². The van der Waals surface area contributed by atoms with Gasteiger partial charge >= 0.3 is 0 Å². The quantitative estimate of drug-likeness (QED) is 0.729. The van der Waals surface area contributed by atoms with Crippen LogP contribution in [-0.2, 0) is 22.3 Å². The third-order valence-electron chi connectivity index (χ3n) is 3.11. The fourth-order valence-electron chi connectivity index (χ4n) is 2.14. The Balaban J connectivity index is 1.65. The van der Waals surface area contributed by atoms with Crippen LogP contribution in [-0.4, -0.2) is 44.5 Å². The molecule has 1 N–H and O–H groups in total. The molecule has 1 unspecified atom stereocenters. The minimum absolute atomic E-state index is 0.637. The molecule has 1 aromatic rings. The highest BCUT2D eigenvalue weighted by Gasteiger charge is 2.15. The Morgan fingerprint density at radius 1 is 1.44 bits per heavy atom. The third kappa shape index (κ3) is 4.65. The monoisotopic (exact) mass is 270 g/mol. The number of aromatic nitrogens is 1. The van der Waals surface area contributed by atoms with Gasteiger partial charge in [0.1, 0.15) is 0 Å². The van der Waals surface area contributed by atoms with Crippen molar-refractivity contribution in [1.29, 1.82) is 0 Å². The van der Waals surface area contributed by atoms with Crippen molar-refractivity contribution in [3.05, 3.63) is 16.1 Å². The summed E-state index contributed by atoms with van der Waals surface area (Å²) in [6.45, 7) is 3.23. The van der Waals surface area contributed by atoms with E-state index in [0.717, 1.165) is 26.0 Å². The van der Waals surface area contributed by atoms with E-state index in [9.17, 15) is 0 Å². The van der Waals surface area contributed by atoms with Crippen LogP contribution in [0.1, 0.15) is 23.5 Å². The molecule has 0 amide bonds. The van der Waals surface area contributed by atoms with Crippen molar-refractivity contribution in [1.82, 2.24) is 10.3 Å². The average Bonchev–Trinajstić information content (AvgIpc) is 3.02. The first-order valence-corrected chi connectivity index (χ1v) is 7.50. The number of methoxy groups -OCH3 is 1. The first-order chi connectivity index (χ1) is 8.88. The molecule has 1 aliphatic rings. The van der Waals surface area contributed by atoms with Gasteiger partial charge in [-0.3, -0.25) is 0 Å². The molecule has 1 fully saturated rings. The van der Waals surface area contributed by atoms with Gasteiger partial charge in [-0.05, 0) is 19.4 Å². The van der Waals surface area contributed by atoms with Crippen LogP contribution in [0.3, 0.4) is 0 Å². The number of nitrogens with one attached hydrogen (secondary N) is 1. The molecule has 1 saturated heterocycles. The molecular formula is C13H22N2O2S. The molecule has 102 valence electrons. The predicted octanol–water partition coefficient (Wildman–Crippen LogP) is 1.64. The highest BCUT2D eigenvalue weighted by molar-refractivity contribution is 7.09. The standard InChI is InChI=1S/C13H22N2O2S/c1-16-7-8-17-6-4-13-15-12(10-18-13)9-11-3-2-5-14-11/h10-11,14H,2-9H2,1H3. The lowest BCUT2D eigenvalue weighted by atomic mass is 10.1. The van der Waals surface area contributed by atoms with E-state index in [4.69, 9.17) is 9.47 Å². The lowest BCUT2D eigenvalue weighted by Crippen LogP contribution is -2.23. The lowest BCUT2D eigenvalue weighted by molar-refractivity contribution is 0.0722. The summed E-state index contributed by atoms with van der Waals surface area (Å²) in [6, 6.07) is 0.637. The van der Waals surface area contributed by atoms with Crippen LogP contribution >= 0.6 is 11.3 Å². The van der Waals surface area contributed by atoms with Gasteiger partial charge in [0, 0.05) is 31.4 Å². The molecule has 2 rings (SSSR count). The number of nitrogens with zero attached hydrogens (tertiary/aromatic N) is 1. The minimum atomic E-state index is 0.637. The van der Waals surface area contributed by atoms with E-state index in [1.165, 1.54) is 23.5 Å². The highest BCUT2D eigenvalue weighted by Crippen LogP contribution is 2.15. The lowest BCUT2D eigenvalue weighted by Gasteiger charge is -2.06. The Labute approximate surface area is 113 Å². The topological polar surface area (TPSA) is 43.4 Å². The summed E-state index contributed by atoms with van der Waals surface area (Å²) in [5, 5.41) is 6.87. The van der Waals surface area contributed by atoms with Gasteiger partial charge in [0.15, 0.2) is 0 Å². The molecule has 18 heavy (non-hydrogen) atoms. The maximum absolute atomic E-state index is 5.45. The summed E-state index contributed by atoms with van der Waals surface area (Å²) in [4.78, 5) is 4.66. The molecule has 0 aliphatic carbocycles. The van der Waals surface area contributed by atoms with E-state index in [1.54, 1.807) is 18.4 Å². The van der Waals surface area contributed by atoms with Crippen molar-refractivity contribution in [3.63, 3.8) is 0 Å². The van der Waals surface area contributed by atoms with Crippen molar-refractivity contribution in [3.8, 4) is 0 Å². The molecule has 1 atom stereocenters. The molecule has 0 saturated carbocycles. The molecular weight excluding hydrogens is 248 g/mol. The summed E-state index contributed by atoms with van der Waals surface area (Å²) < 4.78 is 10.4. The second kappa shape index (κ2) is 7.84. The summed E-state index contributed by atoms with van der Waals surface area (Å²) in [6.07, 6.45) is 4.56. The first kappa shape index (κ1) is 13.9. The number of ether oxygens (including phenoxy) is 2. The second-order valence-corrected chi connectivity index (χ2v) is 5.53. The summed E-state index contributed by atoms with van der Waals surface area (Å²) >= 11 is 1.75. The van der Waals surface area contributed by atoms with Crippen molar-refractivity contribution in [2.24, 2.45) is 0 Å². The van der Waals surface area contributed by atoms with E-state index in [0.29, 0.717) is 19.3 Å². The van der Waals surface area contributed by atoms with Gasteiger partial charge < -0.3 is 14.8 Å². The zero-order valence-electron chi connectivity index (χ0n) is 11.0. The normalized spacial score (nSPS) is 19.5. The van der Waals surface area contributed by atoms with Crippen molar-refractivity contribution >= 4 is 11.3 Å². The van der Waals surface area contributed by atoms with Crippen LogP contribution in [0.2, 0.25) is 0 Å². The Bertz CT molecular complexity index is 337. The maximum atomic E-state index is 5.45. The van der Waals surface area contributed by atoms with Crippen LogP contribution in [0.15, 0.2) is 5.38 Å². The molecule has 0 bridgehead atoms. The summed E-state index contributed by atoms with van der Waals surface area (Å²) in [5.41, 5.74) is 1.23. The molecule has 1 aliphatic heterocycles. The molecule has 0 radical (unpaired) electrons. The molecule has 2 heterocycles. The van der Waals surface area contributed by atoms with Crippen LogP contribution in [0.25, 0.3) is 0 Å². The predicted molar refractivity (Wildman–Crippen MR) is 73.2 cm³/mol. The number of hydrogen-bond donors (Lipinski definition) is 1. The van der Waals surface area contributed by atoms with Gasteiger partial charge in [-0.1, -0.05) is 0 Å². The zero-order valence-corrected chi connectivity index (χ0v) is 11.8. The van der Waals surface area contributed by atoms with E-state index >= 15 is 0 Å². The highest BCUT2D eigenvalue weighted by atomic mass is 32.1. The Hall–Kier alpha value is -0.490. The SMILES string of the molecule is COCCOCCc1nc(CC2CCCN2)cs1. The zero-order chi connectivity index (χ0) is 12.6. The Morgan fingerprint density at radius 2 is 2.39 bits per heavy atom. The Morgan fingerprint density at radius 3 is 3.17 bits per heavy atom. The molecule has 4 nitrogen and oxygen atoms in total. The first-order valence-electron chi connectivity index (χ1n) is 6.62. The fourth-order valence-corrected chi connectivity index (χ4v) is 2.94. The summed E-state index contributed by atoms with van der Waals surface area (Å²) in [7, 11) is 1.69. The number of rotatable bonds is 8. The third-order valence-corrected chi connectivity index (χ3v) is 4.07. The fraction of sp³-hybridized carbons (Fsp3) is 0.769. The largest absolute Gasteiger partial charge is 0.382 e. The van der Waals surface area contributed by atoms with Crippen LogP contribution in [0.5, 0.6) is 0 Å². The molecule has 0 spiro atoms. The molecule has 5 heteroatoms. The second-order valence-electron chi connectivity index (χ2n) is 4.59. The molecule has 0 aromatic carbocycles.